The Morgan fingerprint density at radius 1 is 1.67 bits per heavy atom. The van der Waals surface area contributed by atoms with Crippen molar-refractivity contribution in [2.24, 2.45) is 5.92 Å². The molecule has 3 atom stereocenters. The molecule has 0 aromatic heterocycles. The number of nitrogens with zero attached hydrogens (tertiary/aromatic N) is 1. The summed E-state index contributed by atoms with van der Waals surface area (Å²) in [6.45, 7) is 4.04. The van der Waals surface area contributed by atoms with Gasteiger partial charge in [0.1, 0.15) is 0 Å². The number of amides is 1. The van der Waals surface area contributed by atoms with Crippen LogP contribution in [0.1, 0.15) is 20.3 Å². The minimum atomic E-state index is 0.234. The van der Waals surface area contributed by atoms with Crippen LogP contribution in [0.3, 0.4) is 0 Å². The minimum Gasteiger partial charge on any atom is -0.324 e. The van der Waals surface area contributed by atoms with Gasteiger partial charge in [-0.1, -0.05) is 6.92 Å². The van der Waals surface area contributed by atoms with Gasteiger partial charge in [0, 0.05) is 12.0 Å². The fourth-order valence-electron chi connectivity index (χ4n) is 1.20. The average Bonchev–Trinajstić information content (AvgIpc) is 1.98. The molecule has 1 aliphatic heterocycles. The molecule has 0 bridgehead atoms. The first-order valence-corrected chi connectivity index (χ1v) is 3.72. The van der Waals surface area contributed by atoms with E-state index in [1.807, 2.05) is 6.92 Å². The number of hydrogen-bond acceptors (Lipinski definition) is 1. The zero-order valence-electron chi connectivity index (χ0n) is 5.79. The number of rotatable bonds is 0. The molecule has 0 N–H and O–H groups in total. The molecule has 1 saturated heterocycles. The van der Waals surface area contributed by atoms with E-state index in [1.165, 1.54) is 0 Å². The van der Waals surface area contributed by atoms with Gasteiger partial charge in [-0.25, -0.2) is 0 Å². The van der Waals surface area contributed by atoms with Crippen molar-refractivity contribution in [3.8, 4) is 0 Å². The van der Waals surface area contributed by atoms with E-state index in [-0.39, 0.29) is 11.8 Å². The van der Waals surface area contributed by atoms with Gasteiger partial charge in [-0.3, -0.25) is 4.79 Å². The Kier molecular flexibility index (Phi) is 1.76. The van der Waals surface area contributed by atoms with Gasteiger partial charge in [-0.15, -0.1) is 0 Å². The molecule has 0 saturated carbocycles. The Hall–Kier alpha value is -0.100. The van der Waals surface area contributed by atoms with Gasteiger partial charge in [0.05, 0.1) is 0 Å². The Morgan fingerprint density at radius 2 is 2.22 bits per heavy atom. The van der Waals surface area contributed by atoms with Crippen molar-refractivity contribution in [1.29, 1.82) is 0 Å². The standard InChI is InChI=1S/C6H12NOP/c1-4-3-5(2)7(9)6(4)8/h4-5H,3,9H2,1-2H3/t4?,5-/m0/s1. The summed E-state index contributed by atoms with van der Waals surface area (Å²) in [5, 5.41) is 0. The van der Waals surface area contributed by atoms with E-state index in [9.17, 15) is 4.79 Å². The lowest BCUT2D eigenvalue weighted by molar-refractivity contribution is -0.126. The lowest BCUT2D eigenvalue weighted by Crippen LogP contribution is -2.20. The zero-order valence-corrected chi connectivity index (χ0v) is 6.95. The fourth-order valence-corrected chi connectivity index (χ4v) is 1.57. The monoisotopic (exact) mass is 145 g/mol. The maximum Gasteiger partial charge on any atom is 0.228 e. The predicted molar refractivity (Wildman–Crippen MR) is 39.8 cm³/mol. The van der Waals surface area contributed by atoms with Crippen LogP contribution in [-0.4, -0.2) is 16.6 Å². The van der Waals surface area contributed by atoms with Gasteiger partial charge in [0.25, 0.3) is 0 Å². The summed E-state index contributed by atoms with van der Waals surface area (Å²) in [6.07, 6.45) is 1.00. The summed E-state index contributed by atoms with van der Waals surface area (Å²) in [5.74, 6) is 0.491. The third-order valence-corrected chi connectivity index (χ3v) is 2.61. The first kappa shape index (κ1) is 7.01. The molecule has 0 aliphatic carbocycles. The van der Waals surface area contributed by atoms with Crippen molar-refractivity contribution < 1.29 is 4.79 Å². The highest BCUT2D eigenvalue weighted by molar-refractivity contribution is 7.14. The van der Waals surface area contributed by atoms with Crippen LogP contribution in [0.5, 0.6) is 0 Å². The van der Waals surface area contributed by atoms with Crippen LogP contribution in [-0.2, 0) is 4.79 Å². The molecule has 0 radical (unpaired) electrons. The number of carbonyl (C=O) groups is 1. The second-order valence-corrected chi connectivity index (χ2v) is 3.29. The Bertz CT molecular complexity index is 137. The topological polar surface area (TPSA) is 20.3 Å². The predicted octanol–water partition coefficient (Wildman–Crippen LogP) is 1.03. The average molecular weight is 145 g/mol. The molecule has 2 unspecified atom stereocenters. The van der Waals surface area contributed by atoms with Gasteiger partial charge in [0.15, 0.2) is 0 Å². The molecule has 2 nitrogen and oxygen atoms in total. The van der Waals surface area contributed by atoms with Crippen LogP contribution in [0.4, 0.5) is 0 Å². The quantitative estimate of drug-likeness (QED) is 0.466. The van der Waals surface area contributed by atoms with Crippen LogP contribution in [0.2, 0.25) is 0 Å². The van der Waals surface area contributed by atoms with E-state index in [2.05, 4.69) is 16.3 Å². The lowest BCUT2D eigenvalue weighted by Gasteiger charge is -2.13. The summed E-state index contributed by atoms with van der Waals surface area (Å²) in [4.78, 5) is 11.0. The van der Waals surface area contributed by atoms with Crippen LogP contribution < -0.4 is 0 Å². The highest BCUT2D eigenvalue weighted by atomic mass is 31.0. The van der Waals surface area contributed by atoms with Crippen LogP contribution in [0.15, 0.2) is 0 Å². The summed E-state index contributed by atoms with van der Waals surface area (Å²) in [7, 11) is 2.46. The molecule has 0 aromatic rings. The molecule has 9 heavy (non-hydrogen) atoms. The molecule has 0 spiro atoms. The van der Waals surface area contributed by atoms with E-state index < -0.39 is 0 Å². The van der Waals surface area contributed by atoms with E-state index in [4.69, 9.17) is 0 Å². The molecule has 52 valence electrons. The second-order valence-electron chi connectivity index (χ2n) is 2.73. The molecule has 1 fully saturated rings. The Labute approximate surface area is 57.9 Å². The highest BCUT2D eigenvalue weighted by Crippen LogP contribution is 2.26. The molecule has 1 rings (SSSR count). The van der Waals surface area contributed by atoms with Crippen molar-refractivity contribution >= 4 is 15.3 Å². The van der Waals surface area contributed by atoms with Gasteiger partial charge in [-0.05, 0) is 22.7 Å². The van der Waals surface area contributed by atoms with Crippen LogP contribution in [0, 0.1) is 5.92 Å². The third-order valence-electron chi connectivity index (χ3n) is 1.85. The first-order chi connectivity index (χ1) is 4.13. The number of carbonyl (C=O) groups excluding carboxylic acids is 1. The summed E-state index contributed by atoms with van der Waals surface area (Å²) < 4.78 is 1.74. The Balaban J connectivity index is 2.65. The van der Waals surface area contributed by atoms with Gasteiger partial charge in [-0.2, -0.15) is 0 Å². The lowest BCUT2D eigenvalue weighted by atomic mass is 10.1. The van der Waals surface area contributed by atoms with E-state index >= 15 is 0 Å². The summed E-state index contributed by atoms with van der Waals surface area (Å²) in [5.41, 5.74) is 0. The molecule has 1 aliphatic rings. The maximum atomic E-state index is 11.0. The van der Waals surface area contributed by atoms with E-state index in [0.717, 1.165) is 6.42 Å². The molecular weight excluding hydrogens is 133 g/mol. The number of hydrogen-bond donors (Lipinski definition) is 0. The second kappa shape index (κ2) is 2.26. The van der Waals surface area contributed by atoms with Gasteiger partial charge < -0.3 is 4.67 Å². The van der Waals surface area contributed by atoms with Crippen molar-refractivity contribution in [2.75, 3.05) is 0 Å². The van der Waals surface area contributed by atoms with E-state index in [1.54, 1.807) is 4.67 Å². The van der Waals surface area contributed by atoms with Gasteiger partial charge >= 0.3 is 0 Å². The zero-order chi connectivity index (χ0) is 7.02. The largest absolute Gasteiger partial charge is 0.324 e. The van der Waals surface area contributed by atoms with Crippen LogP contribution >= 0.6 is 9.39 Å². The Morgan fingerprint density at radius 3 is 2.33 bits per heavy atom. The van der Waals surface area contributed by atoms with Crippen LogP contribution in [0.25, 0.3) is 0 Å². The smallest absolute Gasteiger partial charge is 0.228 e. The summed E-state index contributed by atoms with van der Waals surface area (Å²) in [6, 6.07) is 0.414. The highest BCUT2D eigenvalue weighted by Gasteiger charge is 2.30. The van der Waals surface area contributed by atoms with Crippen molar-refractivity contribution in [1.82, 2.24) is 4.67 Å². The molecule has 1 heterocycles. The van der Waals surface area contributed by atoms with Crippen molar-refractivity contribution in [3.63, 3.8) is 0 Å². The van der Waals surface area contributed by atoms with Crippen molar-refractivity contribution in [3.05, 3.63) is 0 Å². The third kappa shape index (κ3) is 1.09. The van der Waals surface area contributed by atoms with E-state index in [0.29, 0.717) is 6.04 Å². The first-order valence-electron chi connectivity index (χ1n) is 3.20. The van der Waals surface area contributed by atoms with Gasteiger partial charge in [0.2, 0.25) is 5.91 Å². The molecule has 0 aromatic carbocycles. The molecule has 1 amide bonds. The minimum absolute atomic E-state index is 0.234. The molecule has 3 heteroatoms. The maximum absolute atomic E-state index is 11.0. The summed E-state index contributed by atoms with van der Waals surface area (Å²) >= 11 is 0. The SMILES string of the molecule is CC1C[C@H](C)N(P)C1=O. The fraction of sp³-hybridized carbons (Fsp3) is 0.833. The van der Waals surface area contributed by atoms with Crippen molar-refractivity contribution in [2.45, 2.75) is 26.3 Å². The molecular formula is C6H12NOP. The normalized spacial score (nSPS) is 35.9.